The maximum Gasteiger partial charge on any atom is 0.414 e. The summed E-state index contributed by atoms with van der Waals surface area (Å²) in [6, 6.07) is 10.9. The monoisotopic (exact) mass is 383 g/mol. The fraction of sp³-hybridized carbons (Fsp3) is 0.250. The van der Waals surface area contributed by atoms with Crippen LogP contribution in [0.1, 0.15) is 0 Å². The number of aryl methyl sites for hydroxylation is 1. The van der Waals surface area contributed by atoms with Crippen LogP contribution in [0.2, 0.25) is 0 Å². The molecule has 2 heterocycles. The second-order valence-corrected chi connectivity index (χ2v) is 6.76. The molecule has 0 atom stereocenters. The number of rotatable bonds is 3. The number of carbonyl (C=O) groups is 2. The molecule has 0 N–H and O–H groups in total. The van der Waals surface area contributed by atoms with Crippen LogP contribution in [-0.4, -0.2) is 54.7 Å². The first-order valence-corrected chi connectivity index (χ1v) is 8.65. The van der Waals surface area contributed by atoms with Crippen LogP contribution in [0.25, 0.3) is 16.9 Å². The number of amides is 2. The zero-order valence-corrected chi connectivity index (χ0v) is 16.5. The van der Waals surface area contributed by atoms with Crippen LogP contribution in [0.5, 0.6) is 11.5 Å². The van der Waals surface area contributed by atoms with Crippen LogP contribution in [-0.2, 0) is 7.05 Å². The third kappa shape index (κ3) is 3.90. The fourth-order valence-corrected chi connectivity index (χ4v) is 2.65. The van der Waals surface area contributed by atoms with Gasteiger partial charge < -0.3 is 19.3 Å². The maximum atomic E-state index is 11.8. The minimum atomic E-state index is -0.438. The normalized spacial score (nSPS) is 10.6. The lowest BCUT2D eigenvalue weighted by atomic mass is 10.1. The molecule has 3 rings (SSSR count). The van der Waals surface area contributed by atoms with Gasteiger partial charge in [-0.15, -0.1) is 0 Å². The van der Waals surface area contributed by atoms with Crippen LogP contribution in [0.15, 0.2) is 48.8 Å². The number of aromatic nitrogens is 2. The molecule has 0 spiro atoms. The SMILES string of the molecule is CN(C)C(=O)Oc1cccc(-c2c[n+]3cc(OC(=O)N(C)C)ccc3n2C)c1. The lowest BCUT2D eigenvalue weighted by molar-refractivity contribution is -0.510. The van der Waals surface area contributed by atoms with Crippen LogP contribution in [0, 0.1) is 0 Å². The van der Waals surface area contributed by atoms with Gasteiger partial charge in [0.15, 0.2) is 11.4 Å². The highest BCUT2D eigenvalue weighted by Gasteiger charge is 2.18. The Morgan fingerprint density at radius 1 is 0.893 bits per heavy atom. The van der Waals surface area contributed by atoms with Crippen molar-refractivity contribution in [2.24, 2.45) is 7.05 Å². The largest absolute Gasteiger partial charge is 0.414 e. The van der Waals surface area contributed by atoms with Crippen LogP contribution in [0.3, 0.4) is 0 Å². The second-order valence-electron chi connectivity index (χ2n) is 6.76. The summed E-state index contributed by atoms with van der Waals surface area (Å²) in [7, 11) is 8.46. The number of ether oxygens (including phenoxy) is 2. The van der Waals surface area contributed by atoms with Gasteiger partial charge in [0.05, 0.1) is 7.05 Å². The first-order valence-electron chi connectivity index (χ1n) is 8.65. The third-order valence-electron chi connectivity index (χ3n) is 4.16. The van der Waals surface area contributed by atoms with E-state index in [0.717, 1.165) is 16.9 Å². The molecule has 0 aliphatic rings. The Morgan fingerprint density at radius 3 is 2.18 bits per heavy atom. The van der Waals surface area contributed by atoms with Crippen molar-refractivity contribution in [3.8, 4) is 22.8 Å². The molecule has 8 heteroatoms. The number of benzene rings is 1. The summed E-state index contributed by atoms with van der Waals surface area (Å²) in [5, 5.41) is 0. The topological polar surface area (TPSA) is 68.1 Å². The van der Waals surface area contributed by atoms with Gasteiger partial charge in [-0.2, -0.15) is 4.40 Å². The maximum absolute atomic E-state index is 11.8. The molecule has 0 saturated heterocycles. The number of hydrogen-bond acceptors (Lipinski definition) is 4. The van der Waals surface area contributed by atoms with Crippen molar-refractivity contribution in [1.82, 2.24) is 14.4 Å². The summed E-state index contributed by atoms with van der Waals surface area (Å²) in [4.78, 5) is 26.3. The first kappa shape index (κ1) is 19.2. The zero-order chi connectivity index (χ0) is 20.4. The van der Waals surface area contributed by atoms with Gasteiger partial charge in [-0.25, -0.2) is 14.2 Å². The van der Waals surface area contributed by atoms with E-state index in [1.807, 2.05) is 46.5 Å². The Bertz CT molecular complexity index is 1040. The lowest BCUT2D eigenvalue weighted by Crippen LogP contribution is -2.27. The van der Waals surface area contributed by atoms with Crippen LogP contribution >= 0.6 is 0 Å². The average Bonchev–Trinajstić information content (AvgIpc) is 2.98. The highest BCUT2D eigenvalue weighted by molar-refractivity contribution is 5.72. The third-order valence-corrected chi connectivity index (χ3v) is 4.16. The molecule has 146 valence electrons. The van der Waals surface area contributed by atoms with E-state index in [0.29, 0.717) is 11.5 Å². The van der Waals surface area contributed by atoms with E-state index >= 15 is 0 Å². The molecule has 0 aliphatic carbocycles. The van der Waals surface area contributed by atoms with E-state index in [1.165, 1.54) is 9.80 Å². The summed E-state index contributed by atoms with van der Waals surface area (Å²) < 4.78 is 14.6. The minimum absolute atomic E-state index is 0.434. The second kappa shape index (κ2) is 7.59. The first-order chi connectivity index (χ1) is 13.3. The Balaban J connectivity index is 1.94. The van der Waals surface area contributed by atoms with Gasteiger partial charge in [0.25, 0.3) is 5.65 Å². The van der Waals surface area contributed by atoms with E-state index in [4.69, 9.17) is 9.47 Å². The van der Waals surface area contributed by atoms with Gasteiger partial charge in [-0.05, 0) is 18.2 Å². The Kier molecular flexibility index (Phi) is 5.21. The quantitative estimate of drug-likeness (QED) is 0.652. The summed E-state index contributed by atoms with van der Waals surface area (Å²) >= 11 is 0. The summed E-state index contributed by atoms with van der Waals surface area (Å²) in [5.74, 6) is 0.911. The number of imidazole rings is 1. The lowest BCUT2D eigenvalue weighted by Gasteiger charge is -2.10. The molecule has 0 unspecified atom stereocenters. The van der Waals surface area contributed by atoms with Crippen molar-refractivity contribution in [2.45, 2.75) is 0 Å². The van der Waals surface area contributed by atoms with Crippen molar-refractivity contribution >= 4 is 17.8 Å². The van der Waals surface area contributed by atoms with Gasteiger partial charge in [-0.1, -0.05) is 12.1 Å². The predicted molar refractivity (Wildman–Crippen MR) is 103 cm³/mol. The van der Waals surface area contributed by atoms with Gasteiger partial charge in [-0.3, -0.25) is 0 Å². The van der Waals surface area contributed by atoms with Crippen molar-refractivity contribution in [3.05, 3.63) is 48.8 Å². The zero-order valence-electron chi connectivity index (χ0n) is 16.5. The number of pyridine rings is 1. The fourth-order valence-electron chi connectivity index (χ4n) is 2.65. The summed E-state index contributed by atoms with van der Waals surface area (Å²) in [5.41, 5.74) is 2.72. The molecule has 2 amide bonds. The van der Waals surface area contributed by atoms with E-state index in [9.17, 15) is 9.59 Å². The van der Waals surface area contributed by atoms with Crippen molar-refractivity contribution in [1.29, 1.82) is 0 Å². The Labute approximate surface area is 163 Å². The Hall–Kier alpha value is -3.55. The van der Waals surface area contributed by atoms with Gasteiger partial charge in [0, 0.05) is 39.8 Å². The molecular formula is C20H23N4O4+. The van der Waals surface area contributed by atoms with Crippen molar-refractivity contribution in [2.75, 3.05) is 28.2 Å². The highest BCUT2D eigenvalue weighted by Crippen LogP contribution is 2.25. The molecular weight excluding hydrogens is 360 g/mol. The molecule has 1 aromatic carbocycles. The Morgan fingerprint density at radius 2 is 1.54 bits per heavy atom. The van der Waals surface area contributed by atoms with Gasteiger partial charge in [0.1, 0.15) is 18.1 Å². The standard InChI is InChI=1S/C20H23N4O4/c1-21(2)19(25)27-15-8-6-7-14(11-15)17-13-24-12-16(28-20(26)22(3)4)9-10-18(24)23(17)5/h6-13H,1-5H3/q+1. The van der Waals surface area contributed by atoms with E-state index in [1.54, 1.807) is 46.5 Å². The molecule has 0 radical (unpaired) electrons. The molecule has 0 saturated carbocycles. The van der Waals surface area contributed by atoms with Crippen LogP contribution in [0.4, 0.5) is 9.59 Å². The number of carbonyl (C=O) groups excluding carboxylic acids is 2. The van der Waals surface area contributed by atoms with Crippen molar-refractivity contribution < 1.29 is 23.5 Å². The molecule has 0 bridgehead atoms. The molecule has 8 nitrogen and oxygen atoms in total. The molecule has 0 aliphatic heterocycles. The number of nitrogens with zero attached hydrogens (tertiary/aromatic N) is 4. The highest BCUT2D eigenvalue weighted by atomic mass is 16.6. The smallest absolute Gasteiger partial charge is 0.410 e. The molecule has 3 aromatic rings. The van der Waals surface area contributed by atoms with E-state index < -0.39 is 12.2 Å². The number of fused-ring (bicyclic) bond motifs is 1. The van der Waals surface area contributed by atoms with E-state index in [-0.39, 0.29) is 0 Å². The average molecular weight is 383 g/mol. The minimum Gasteiger partial charge on any atom is -0.410 e. The van der Waals surface area contributed by atoms with Crippen LogP contribution < -0.4 is 13.9 Å². The van der Waals surface area contributed by atoms with Crippen molar-refractivity contribution in [3.63, 3.8) is 0 Å². The van der Waals surface area contributed by atoms with Gasteiger partial charge >= 0.3 is 12.2 Å². The van der Waals surface area contributed by atoms with E-state index in [2.05, 4.69) is 0 Å². The summed E-state index contributed by atoms with van der Waals surface area (Å²) in [6.45, 7) is 0. The summed E-state index contributed by atoms with van der Waals surface area (Å²) in [6.07, 6.45) is 2.80. The molecule has 2 aromatic heterocycles. The predicted octanol–water partition coefficient (Wildman–Crippen LogP) is 2.55. The molecule has 28 heavy (non-hydrogen) atoms. The van der Waals surface area contributed by atoms with Gasteiger partial charge in [0.2, 0.25) is 0 Å². The number of hydrogen-bond donors (Lipinski definition) is 0. The molecule has 0 fully saturated rings.